The molecule has 2 heterocycles. The van der Waals surface area contributed by atoms with Crippen molar-refractivity contribution in [3.05, 3.63) is 119 Å². The van der Waals surface area contributed by atoms with Gasteiger partial charge in [0.15, 0.2) is 5.76 Å². The molecule has 0 radical (unpaired) electrons. The number of rotatable bonds is 10. The number of aryl methyl sites for hydroxylation is 2. The van der Waals surface area contributed by atoms with E-state index in [1.807, 2.05) is 19.1 Å². The zero-order valence-electron chi connectivity index (χ0n) is 23.0. The number of benzene rings is 3. The third-order valence-corrected chi connectivity index (χ3v) is 6.65. The number of hydrogen-bond donors (Lipinski definition) is 1. The van der Waals surface area contributed by atoms with Crippen molar-refractivity contribution in [2.75, 3.05) is 4.90 Å². The number of anilines is 1. The van der Waals surface area contributed by atoms with Gasteiger partial charge in [0.25, 0.3) is 5.91 Å². The summed E-state index contributed by atoms with van der Waals surface area (Å²) >= 11 is 0. The highest BCUT2D eigenvalue weighted by molar-refractivity contribution is 6.01. The van der Waals surface area contributed by atoms with Crippen LogP contribution in [0.15, 0.2) is 89.3 Å². The summed E-state index contributed by atoms with van der Waals surface area (Å²) in [5, 5.41) is 15.1. The van der Waals surface area contributed by atoms with E-state index >= 15 is 0 Å². The third-order valence-electron chi connectivity index (χ3n) is 6.65. The fraction of sp³-hybridized carbons (Fsp3) is 0.194. The number of tetrazole rings is 1. The van der Waals surface area contributed by atoms with Crippen LogP contribution >= 0.6 is 0 Å². The molecule has 1 atom stereocenters. The Morgan fingerprint density at radius 2 is 1.55 bits per heavy atom. The quantitative estimate of drug-likeness (QED) is 0.248. The first-order valence-corrected chi connectivity index (χ1v) is 13.3. The maximum absolute atomic E-state index is 14.0. The van der Waals surface area contributed by atoms with Crippen molar-refractivity contribution in [2.45, 2.75) is 39.4 Å². The van der Waals surface area contributed by atoms with Crippen LogP contribution in [0.1, 0.15) is 35.4 Å². The van der Waals surface area contributed by atoms with Gasteiger partial charge in [0, 0.05) is 12.2 Å². The second-order valence-electron chi connectivity index (χ2n) is 9.64. The molecule has 1 N–H and O–H groups in total. The first-order chi connectivity index (χ1) is 20.3. The molecule has 0 aliphatic carbocycles. The van der Waals surface area contributed by atoms with E-state index in [0.29, 0.717) is 28.3 Å². The highest BCUT2D eigenvalue weighted by Crippen LogP contribution is 2.29. The Balaban J connectivity index is 1.50. The number of carbonyl (C=O) groups is 2. The molecule has 0 aliphatic heterocycles. The number of nitrogens with one attached hydrogen (secondary N) is 1. The zero-order chi connectivity index (χ0) is 29.6. The fourth-order valence-corrected chi connectivity index (χ4v) is 4.44. The normalized spacial score (nSPS) is 11.7. The minimum atomic E-state index is -1.18. The molecule has 2 aromatic heterocycles. The second-order valence-corrected chi connectivity index (χ2v) is 9.64. The summed E-state index contributed by atoms with van der Waals surface area (Å²) in [6, 6.07) is 20.7. The van der Waals surface area contributed by atoms with Crippen LogP contribution in [0.2, 0.25) is 0 Å². The van der Waals surface area contributed by atoms with E-state index < -0.39 is 29.5 Å². The summed E-state index contributed by atoms with van der Waals surface area (Å²) in [6.45, 7) is 3.54. The van der Waals surface area contributed by atoms with Crippen molar-refractivity contribution in [1.82, 2.24) is 25.5 Å². The van der Waals surface area contributed by atoms with Crippen molar-refractivity contribution < 1.29 is 22.8 Å². The predicted octanol–water partition coefficient (Wildman–Crippen LogP) is 5.17. The van der Waals surface area contributed by atoms with Gasteiger partial charge in [-0.3, -0.25) is 14.5 Å². The largest absolute Gasteiger partial charge is 0.458 e. The second kappa shape index (κ2) is 12.5. The third kappa shape index (κ3) is 6.57. The van der Waals surface area contributed by atoms with Crippen LogP contribution in [0.5, 0.6) is 0 Å². The van der Waals surface area contributed by atoms with Gasteiger partial charge in [-0.1, -0.05) is 43.3 Å². The molecule has 42 heavy (non-hydrogen) atoms. The Labute approximate surface area is 240 Å². The van der Waals surface area contributed by atoms with Crippen LogP contribution in [-0.2, 0) is 29.1 Å². The monoisotopic (exact) mass is 570 g/mol. The maximum atomic E-state index is 14.0. The smallest absolute Gasteiger partial charge is 0.251 e. The molecule has 0 saturated heterocycles. The highest BCUT2D eigenvalue weighted by atomic mass is 19.1. The molecular formula is C31H28F2N6O3. The average Bonchev–Trinajstić information content (AvgIpc) is 3.65. The van der Waals surface area contributed by atoms with Crippen molar-refractivity contribution in [3.63, 3.8) is 0 Å². The first kappa shape index (κ1) is 28.3. The molecule has 0 fully saturated rings. The number of amides is 2. The molecule has 214 valence electrons. The van der Waals surface area contributed by atoms with Crippen LogP contribution in [-0.4, -0.2) is 32.0 Å². The number of halogens is 2. The Morgan fingerprint density at radius 3 is 2.17 bits per heavy atom. The molecular weight excluding hydrogens is 542 g/mol. The van der Waals surface area contributed by atoms with Crippen molar-refractivity contribution in [3.8, 4) is 11.6 Å². The van der Waals surface area contributed by atoms with E-state index in [0.717, 1.165) is 16.8 Å². The van der Waals surface area contributed by atoms with Gasteiger partial charge in [-0.2, -0.15) is 4.80 Å². The van der Waals surface area contributed by atoms with Gasteiger partial charge in [0.05, 0.1) is 0 Å². The zero-order valence-corrected chi connectivity index (χ0v) is 23.0. The summed E-state index contributed by atoms with van der Waals surface area (Å²) in [4.78, 5) is 30.3. The topological polar surface area (TPSA) is 106 Å². The van der Waals surface area contributed by atoms with Crippen LogP contribution in [0.3, 0.4) is 0 Å². The number of hydrogen-bond acceptors (Lipinski definition) is 6. The van der Waals surface area contributed by atoms with Crippen molar-refractivity contribution in [2.24, 2.45) is 0 Å². The van der Waals surface area contributed by atoms with E-state index in [-0.39, 0.29) is 18.9 Å². The SMILES string of the molecule is CCc1ccc(N(C(=O)Cn2nnc(-c3ccc(C)o3)n2)[C@H](C(=O)NCc2ccc(F)cc2)c2ccc(F)cc2)cc1. The lowest BCUT2D eigenvalue weighted by Crippen LogP contribution is -2.45. The Morgan fingerprint density at radius 1 is 0.905 bits per heavy atom. The maximum Gasteiger partial charge on any atom is 0.251 e. The molecule has 5 rings (SSSR count). The first-order valence-electron chi connectivity index (χ1n) is 13.3. The number of furan rings is 1. The minimum Gasteiger partial charge on any atom is -0.458 e. The summed E-state index contributed by atoms with van der Waals surface area (Å²) in [5.41, 5.74) is 2.55. The van der Waals surface area contributed by atoms with Crippen LogP contribution in [0, 0.1) is 18.6 Å². The van der Waals surface area contributed by atoms with Crippen molar-refractivity contribution in [1.29, 1.82) is 0 Å². The number of carbonyl (C=O) groups excluding carboxylic acids is 2. The molecule has 0 saturated carbocycles. The van der Waals surface area contributed by atoms with E-state index in [4.69, 9.17) is 4.42 Å². The van der Waals surface area contributed by atoms with Gasteiger partial charge in [0.1, 0.15) is 30.0 Å². The van der Waals surface area contributed by atoms with Gasteiger partial charge in [-0.15, -0.1) is 10.2 Å². The molecule has 0 aliphatic rings. The summed E-state index contributed by atoms with van der Waals surface area (Å²) < 4.78 is 32.9. The number of aromatic nitrogens is 4. The van der Waals surface area contributed by atoms with Gasteiger partial charge >= 0.3 is 0 Å². The Kier molecular flexibility index (Phi) is 8.47. The van der Waals surface area contributed by atoms with E-state index in [2.05, 4.69) is 20.7 Å². The fourth-order valence-electron chi connectivity index (χ4n) is 4.44. The summed E-state index contributed by atoms with van der Waals surface area (Å²) in [7, 11) is 0. The lowest BCUT2D eigenvalue weighted by atomic mass is 10.0. The van der Waals surface area contributed by atoms with Crippen LogP contribution in [0.25, 0.3) is 11.6 Å². The standard InChI is InChI=1S/C31H28F2N6O3/c1-3-21-7-15-26(16-8-21)39(28(40)19-38-36-30(35-37-38)27-17-4-20(2)42-27)29(23-9-13-25(33)14-10-23)31(41)34-18-22-5-11-24(32)12-6-22/h4-17,29H,3,18-19H2,1-2H3,(H,34,41)/t29-/m0/s1. The van der Waals surface area contributed by atoms with Crippen LogP contribution < -0.4 is 10.2 Å². The van der Waals surface area contributed by atoms with Crippen molar-refractivity contribution >= 4 is 17.5 Å². The highest BCUT2D eigenvalue weighted by Gasteiger charge is 2.33. The van der Waals surface area contributed by atoms with Gasteiger partial charge in [0.2, 0.25) is 11.7 Å². The molecule has 0 spiro atoms. The Bertz CT molecular complexity index is 1660. The van der Waals surface area contributed by atoms with Gasteiger partial charge in [-0.05, 0) is 83.8 Å². The van der Waals surface area contributed by atoms with E-state index in [9.17, 15) is 18.4 Å². The predicted molar refractivity (Wildman–Crippen MR) is 151 cm³/mol. The summed E-state index contributed by atoms with van der Waals surface area (Å²) in [6.07, 6.45) is 0.783. The Hall–Kier alpha value is -5.19. The summed E-state index contributed by atoms with van der Waals surface area (Å²) in [5.74, 6) is -0.616. The van der Waals surface area contributed by atoms with Gasteiger partial charge < -0.3 is 9.73 Å². The lowest BCUT2D eigenvalue weighted by molar-refractivity contribution is -0.127. The molecule has 0 bridgehead atoms. The van der Waals surface area contributed by atoms with E-state index in [1.165, 1.54) is 41.3 Å². The lowest BCUT2D eigenvalue weighted by Gasteiger charge is -2.31. The number of nitrogens with zero attached hydrogens (tertiary/aromatic N) is 5. The molecule has 0 unspecified atom stereocenters. The van der Waals surface area contributed by atoms with Gasteiger partial charge in [-0.25, -0.2) is 8.78 Å². The van der Waals surface area contributed by atoms with E-state index in [1.54, 1.807) is 43.3 Å². The van der Waals surface area contributed by atoms with Crippen LogP contribution in [0.4, 0.5) is 14.5 Å². The molecule has 2 amide bonds. The minimum absolute atomic E-state index is 0.0875. The molecule has 9 nitrogen and oxygen atoms in total. The molecule has 3 aromatic carbocycles. The molecule has 5 aromatic rings. The average molecular weight is 571 g/mol. The molecule has 11 heteroatoms.